The zero-order valence-electron chi connectivity index (χ0n) is 13.6. The fraction of sp³-hybridized carbons (Fsp3) is 0.500. The van der Waals surface area contributed by atoms with E-state index >= 15 is 0 Å². The predicted molar refractivity (Wildman–Crippen MR) is 84.9 cm³/mol. The van der Waals surface area contributed by atoms with Crippen molar-refractivity contribution >= 4 is 11.9 Å². The van der Waals surface area contributed by atoms with Gasteiger partial charge in [-0.3, -0.25) is 4.79 Å². The maximum Gasteiger partial charge on any atom is 0.364 e. The quantitative estimate of drug-likeness (QED) is 0.283. The number of carboxylic acid groups (broad SMARTS) is 1. The first-order chi connectivity index (χ1) is 12.2. The van der Waals surface area contributed by atoms with E-state index in [2.05, 4.69) is 5.32 Å². The zero-order chi connectivity index (χ0) is 19.5. The summed E-state index contributed by atoms with van der Waals surface area (Å²) in [6.07, 6.45) is -7.72. The maximum absolute atomic E-state index is 12.3. The third kappa shape index (κ3) is 4.18. The Bertz CT molecular complexity index is 640. The molecule has 6 atom stereocenters. The third-order valence-corrected chi connectivity index (χ3v) is 4.17. The Labute approximate surface area is 148 Å². The van der Waals surface area contributed by atoms with Gasteiger partial charge in [-0.05, 0) is 12.1 Å². The van der Waals surface area contributed by atoms with Gasteiger partial charge in [0.15, 0.2) is 0 Å². The van der Waals surface area contributed by atoms with Crippen molar-refractivity contribution in [3.8, 4) is 0 Å². The highest BCUT2D eigenvalue weighted by Crippen LogP contribution is 2.30. The second kappa shape index (κ2) is 8.08. The summed E-state index contributed by atoms with van der Waals surface area (Å²) < 4.78 is 5.00. The molecule has 1 aromatic rings. The number of carboxylic acids is 1. The van der Waals surface area contributed by atoms with E-state index in [0.29, 0.717) is 0 Å². The highest BCUT2D eigenvalue weighted by Gasteiger charge is 2.54. The number of aliphatic hydroxyl groups excluding tert-OH is 4. The van der Waals surface area contributed by atoms with Crippen molar-refractivity contribution in [1.82, 2.24) is 5.32 Å². The van der Waals surface area contributed by atoms with Crippen LogP contribution in [0.5, 0.6) is 0 Å². The monoisotopic (exact) mass is 371 g/mol. The summed E-state index contributed by atoms with van der Waals surface area (Å²) in [7, 11) is 0. The molecular weight excluding hydrogens is 350 g/mol. The molecule has 26 heavy (non-hydrogen) atoms. The minimum Gasteiger partial charge on any atom is -0.477 e. The van der Waals surface area contributed by atoms with Gasteiger partial charge in [0.05, 0.1) is 18.8 Å². The molecule has 1 amide bonds. The number of ether oxygens (including phenoxy) is 1. The average Bonchev–Trinajstić information content (AvgIpc) is 2.62. The smallest absolute Gasteiger partial charge is 0.364 e. The number of rotatable bonds is 6. The molecule has 0 aromatic heterocycles. The first kappa shape index (κ1) is 20.2. The van der Waals surface area contributed by atoms with Crippen LogP contribution < -0.4 is 5.32 Å². The van der Waals surface area contributed by atoms with E-state index in [9.17, 15) is 30.0 Å². The molecule has 1 aliphatic rings. The molecule has 1 saturated heterocycles. The van der Waals surface area contributed by atoms with Crippen LogP contribution in [0.25, 0.3) is 0 Å². The largest absolute Gasteiger partial charge is 0.477 e. The molecule has 2 rings (SSSR count). The number of hydrogen-bond acceptors (Lipinski definition) is 8. The number of aliphatic carboxylic acids is 1. The lowest BCUT2D eigenvalue weighted by atomic mass is 9.88. The molecule has 1 aliphatic heterocycles. The summed E-state index contributed by atoms with van der Waals surface area (Å²) in [6.45, 7) is -0.887. The molecule has 1 unspecified atom stereocenters. The first-order valence-corrected chi connectivity index (χ1v) is 7.84. The zero-order valence-corrected chi connectivity index (χ0v) is 13.6. The fourth-order valence-corrected chi connectivity index (χ4v) is 2.73. The number of hydrogen-bond donors (Lipinski definition) is 7. The maximum atomic E-state index is 12.3. The van der Waals surface area contributed by atoms with E-state index in [0.717, 1.165) is 0 Å². The Morgan fingerprint density at radius 3 is 2.42 bits per heavy atom. The molecule has 0 radical (unpaired) electrons. The lowest BCUT2D eigenvalue weighted by molar-refractivity contribution is -0.294. The first-order valence-electron chi connectivity index (χ1n) is 7.84. The average molecular weight is 371 g/mol. The van der Waals surface area contributed by atoms with Gasteiger partial charge in [-0.15, -0.1) is 0 Å². The molecule has 10 heteroatoms. The molecule has 7 N–H and O–H groups in total. The van der Waals surface area contributed by atoms with E-state index in [1.807, 2.05) is 0 Å². The van der Waals surface area contributed by atoms with Gasteiger partial charge in [0.25, 0.3) is 11.7 Å². The standard InChI is InChI=1S/C16H21NO9/c18-7-10(20)12(21)13-11(9(19)6-16(25,26-13)15(23)24)17-14(22)8-4-2-1-3-5-8/h1-5,9-13,18-21,25H,6-7H2,(H,17,22)(H,23,24)/t9-,10+,11+,12+,13+,16?/m0/s1. The van der Waals surface area contributed by atoms with E-state index < -0.39 is 61.1 Å². The molecule has 1 heterocycles. The lowest BCUT2D eigenvalue weighted by Gasteiger charge is -2.44. The van der Waals surface area contributed by atoms with Crippen LogP contribution in [-0.2, 0) is 9.53 Å². The van der Waals surface area contributed by atoms with Crippen LogP contribution in [0.4, 0.5) is 0 Å². The van der Waals surface area contributed by atoms with E-state index in [-0.39, 0.29) is 5.56 Å². The SMILES string of the molecule is O=C(N[C@H]1[C@H]([C@H](O)[C@H](O)CO)OC(O)(C(=O)O)C[C@@H]1O)c1ccccc1. The van der Waals surface area contributed by atoms with Crippen molar-refractivity contribution in [2.24, 2.45) is 0 Å². The summed E-state index contributed by atoms with van der Waals surface area (Å²) in [4.78, 5) is 23.5. The molecule has 10 nitrogen and oxygen atoms in total. The second-order valence-electron chi connectivity index (χ2n) is 6.05. The number of carbonyl (C=O) groups is 2. The molecule has 1 fully saturated rings. The molecule has 0 aliphatic carbocycles. The highest BCUT2D eigenvalue weighted by molar-refractivity contribution is 5.94. The van der Waals surface area contributed by atoms with E-state index in [1.54, 1.807) is 18.2 Å². The Balaban J connectivity index is 2.28. The summed E-state index contributed by atoms with van der Waals surface area (Å²) in [5.41, 5.74) is 0.231. The van der Waals surface area contributed by atoms with Crippen LogP contribution in [0.1, 0.15) is 16.8 Å². The van der Waals surface area contributed by atoms with Gasteiger partial charge in [-0.1, -0.05) is 18.2 Å². The van der Waals surface area contributed by atoms with Crippen molar-refractivity contribution in [2.45, 2.75) is 42.7 Å². The Morgan fingerprint density at radius 1 is 1.27 bits per heavy atom. The molecule has 0 saturated carbocycles. The van der Waals surface area contributed by atoms with Crippen molar-refractivity contribution < 1.29 is 45.0 Å². The minimum atomic E-state index is -2.83. The van der Waals surface area contributed by atoms with Crippen molar-refractivity contribution in [3.05, 3.63) is 35.9 Å². The van der Waals surface area contributed by atoms with Crippen LogP contribution in [0, 0.1) is 0 Å². The van der Waals surface area contributed by atoms with Gasteiger partial charge >= 0.3 is 5.97 Å². The van der Waals surface area contributed by atoms with Gasteiger partial charge in [0, 0.05) is 12.0 Å². The number of amides is 1. The molecule has 0 bridgehead atoms. The van der Waals surface area contributed by atoms with Gasteiger partial charge in [-0.25, -0.2) is 4.79 Å². The van der Waals surface area contributed by atoms with E-state index in [4.69, 9.17) is 14.9 Å². The molecule has 0 spiro atoms. The number of carbonyl (C=O) groups excluding carboxylic acids is 1. The van der Waals surface area contributed by atoms with Gasteiger partial charge in [0.2, 0.25) is 0 Å². The normalized spacial score (nSPS) is 31.0. The number of nitrogens with one attached hydrogen (secondary N) is 1. The van der Waals surface area contributed by atoms with Gasteiger partial charge < -0.3 is 40.7 Å². The molecular formula is C16H21NO9. The third-order valence-electron chi connectivity index (χ3n) is 4.17. The van der Waals surface area contributed by atoms with Crippen LogP contribution >= 0.6 is 0 Å². The van der Waals surface area contributed by atoms with Crippen molar-refractivity contribution in [3.63, 3.8) is 0 Å². The highest BCUT2D eigenvalue weighted by atomic mass is 16.7. The Hall–Kier alpha value is -2.08. The summed E-state index contributed by atoms with van der Waals surface area (Å²) in [6, 6.07) is 6.53. The summed E-state index contributed by atoms with van der Waals surface area (Å²) in [5, 5.41) is 60.5. The van der Waals surface area contributed by atoms with Crippen LogP contribution in [0.3, 0.4) is 0 Å². The second-order valence-corrected chi connectivity index (χ2v) is 6.05. The van der Waals surface area contributed by atoms with Gasteiger partial charge in [0.1, 0.15) is 18.3 Å². The van der Waals surface area contributed by atoms with Crippen LogP contribution in [0.15, 0.2) is 30.3 Å². The number of aliphatic hydroxyl groups is 5. The molecule has 144 valence electrons. The fourth-order valence-electron chi connectivity index (χ4n) is 2.73. The van der Waals surface area contributed by atoms with Crippen LogP contribution in [0.2, 0.25) is 0 Å². The Morgan fingerprint density at radius 2 is 1.88 bits per heavy atom. The minimum absolute atomic E-state index is 0.231. The van der Waals surface area contributed by atoms with E-state index in [1.165, 1.54) is 12.1 Å². The van der Waals surface area contributed by atoms with Gasteiger partial charge in [-0.2, -0.15) is 0 Å². The molecule has 1 aromatic carbocycles. The predicted octanol–water partition coefficient (Wildman–Crippen LogP) is -2.58. The lowest BCUT2D eigenvalue weighted by Crippen LogP contribution is -2.67. The Kier molecular flexibility index (Phi) is 6.29. The number of benzene rings is 1. The topological polar surface area (TPSA) is 177 Å². The summed E-state index contributed by atoms with van der Waals surface area (Å²) >= 11 is 0. The van der Waals surface area contributed by atoms with Crippen molar-refractivity contribution in [2.75, 3.05) is 6.61 Å². The summed E-state index contributed by atoms with van der Waals surface area (Å²) in [5.74, 6) is -5.27. The van der Waals surface area contributed by atoms with Crippen LogP contribution in [-0.4, -0.2) is 85.4 Å². The van der Waals surface area contributed by atoms with Crippen molar-refractivity contribution in [1.29, 1.82) is 0 Å².